The molecule has 3 unspecified atom stereocenters. The van der Waals surface area contributed by atoms with E-state index in [9.17, 15) is 9.90 Å². The fourth-order valence-corrected chi connectivity index (χ4v) is 2.56. The first-order chi connectivity index (χ1) is 10.2. The van der Waals surface area contributed by atoms with Gasteiger partial charge in [-0.15, -0.1) is 0 Å². The molecule has 0 radical (unpaired) electrons. The van der Waals surface area contributed by atoms with Crippen molar-refractivity contribution in [3.63, 3.8) is 0 Å². The zero-order valence-corrected chi connectivity index (χ0v) is 12.4. The molecule has 1 saturated heterocycles. The van der Waals surface area contributed by atoms with Crippen LogP contribution in [0.3, 0.4) is 0 Å². The number of morpholine rings is 1. The molecule has 21 heavy (non-hydrogen) atoms. The van der Waals surface area contributed by atoms with E-state index in [0.29, 0.717) is 32.7 Å². The molecule has 1 aliphatic heterocycles. The summed E-state index contributed by atoms with van der Waals surface area (Å²) in [6.07, 6.45) is 0.224. The van der Waals surface area contributed by atoms with E-state index in [1.807, 2.05) is 30.3 Å². The van der Waals surface area contributed by atoms with Crippen molar-refractivity contribution in [2.45, 2.75) is 31.4 Å². The van der Waals surface area contributed by atoms with Crippen LogP contribution < -0.4 is 10.6 Å². The summed E-state index contributed by atoms with van der Waals surface area (Å²) in [4.78, 5) is 12.1. The van der Waals surface area contributed by atoms with Gasteiger partial charge >= 0.3 is 0 Å². The highest BCUT2D eigenvalue weighted by atomic mass is 16.5. The quantitative estimate of drug-likeness (QED) is 0.720. The van der Waals surface area contributed by atoms with Crippen molar-refractivity contribution >= 4 is 5.91 Å². The summed E-state index contributed by atoms with van der Waals surface area (Å²) < 4.78 is 5.30. The number of carbonyl (C=O) groups is 1. The van der Waals surface area contributed by atoms with Crippen LogP contribution in [0.4, 0.5) is 0 Å². The zero-order valence-electron chi connectivity index (χ0n) is 12.4. The summed E-state index contributed by atoms with van der Waals surface area (Å²) in [7, 11) is 0. The van der Waals surface area contributed by atoms with E-state index in [0.717, 1.165) is 5.56 Å². The first-order valence-electron chi connectivity index (χ1n) is 7.48. The third-order valence-electron chi connectivity index (χ3n) is 3.66. The molecule has 0 bridgehead atoms. The number of nitrogens with one attached hydrogen (secondary N) is 2. The summed E-state index contributed by atoms with van der Waals surface area (Å²) in [6.45, 7) is 4.06. The van der Waals surface area contributed by atoms with E-state index in [-0.39, 0.29) is 17.9 Å². The highest BCUT2D eigenvalue weighted by molar-refractivity contribution is 5.82. The molecule has 1 aromatic carbocycles. The Balaban J connectivity index is 1.91. The normalized spacial score (nSPS) is 21.5. The van der Waals surface area contributed by atoms with E-state index in [2.05, 4.69) is 10.6 Å². The second kappa shape index (κ2) is 8.12. The van der Waals surface area contributed by atoms with Crippen molar-refractivity contribution in [1.29, 1.82) is 0 Å². The average molecular weight is 292 g/mol. The number of hydrogen-bond donors (Lipinski definition) is 3. The van der Waals surface area contributed by atoms with Gasteiger partial charge in [0.2, 0.25) is 5.91 Å². The molecular formula is C16H24N2O3. The molecule has 0 aliphatic carbocycles. The van der Waals surface area contributed by atoms with Crippen molar-refractivity contribution in [3.8, 4) is 0 Å². The maximum atomic E-state index is 12.1. The minimum Gasteiger partial charge on any atom is -0.393 e. The highest BCUT2D eigenvalue weighted by Crippen LogP contribution is 2.20. The molecule has 5 heteroatoms. The fourth-order valence-electron chi connectivity index (χ4n) is 2.56. The fraction of sp³-hybridized carbons (Fsp3) is 0.562. The molecule has 3 N–H and O–H groups in total. The zero-order chi connectivity index (χ0) is 15.1. The number of rotatable bonds is 6. The minimum absolute atomic E-state index is 0.0405. The Hall–Kier alpha value is -1.43. The molecule has 2 rings (SSSR count). The molecule has 0 aromatic heterocycles. The molecule has 116 valence electrons. The maximum Gasteiger partial charge on any atom is 0.239 e. The third kappa shape index (κ3) is 5.12. The number of amides is 1. The predicted molar refractivity (Wildman–Crippen MR) is 81.1 cm³/mol. The van der Waals surface area contributed by atoms with Crippen LogP contribution in [0.1, 0.15) is 24.8 Å². The molecule has 3 atom stereocenters. The van der Waals surface area contributed by atoms with Gasteiger partial charge in [-0.25, -0.2) is 0 Å². The number of aliphatic hydroxyl groups is 1. The lowest BCUT2D eigenvalue weighted by molar-refractivity contribution is -0.126. The Bertz CT molecular complexity index is 430. The molecule has 1 aliphatic rings. The Morgan fingerprint density at radius 3 is 2.86 bits per heavy atom. The number of aliphatic hydroxyl groups excluding tert-OH is 1. The van der Waals surface area contributed by atoms with Crippen LogP contribution >= 0.6 is 0 Å². The van der Waals surface area contributed by atoms with Crippen LogP contribution in [0, 0.1) is 0 Å². The second-order valence-corrected chi connectivity index (χ2v) is 5.52. The van der Waals surface area contributed by atoms with E-state index >= 15 is 0 Å². The van der Waals surface area contributed by atoms with Gasteiger partial charge in [-0.1, -0.05) is 30.3 Å². The van der Waals surface area contributed by atoms with Gasteiger partial charge in [0, 0.05) is 19.0 Å². The van der Waals surface area contributed by atoms with Crippen LogP contribution in [0.25, 0.3) is 0 Å². The van der Waals surface area contributed by atoms with Gasteiger partial charge in [-0.2, -0.15) is 0 Å². The lowest BCUT2D eigenvalue weighted by atomic mass is 9.93. The Labute approximate surface area is 125 Å². The van der Waals surface area contributed by atoms with Gasteiger partial charge in [0.25, 0.3) is 0 Å². The van der Waals surface area contributed by atoms with Gasteiger partial charge in [-0.3, -0.25) is 4.79 Å². The van der Waals surface area contributed by atoms with Crippen LogP contribution in [-0.2, 0) is 9.53 Å². The van der Waals surface area contributed by atoms with Crippen molar-refractivity contribution in [3.05, 3.63) is 35.9 Å². The summed E-state index contributed by atoms with van der Waals surface area (Å²) in [6, 6.07) is 9.69. The number of carbonyl (C=O) groups excluding carboxylic acids is 1. The van der Waals surface area contributed by atoms with Gasteiger partial charge in [0.1, 0.15) is 6.04 Å². The van der Waals surface area contributed by atoms with Gasteiger partial charge in [-0.05, 0) is 18.9 Å². The third-order valence-corrected chi connectivity index (χ3v) is 3.66. The van der Waals surface area contributed by atoms with Crippen molar-refractivity contribution in [1.82, 2.24) is 10.6 Å². The minimum atomic E-state index is -0.400. The molecule has 1 amide bonds. The highest BCUT2D eigenvalue weighted by Gasteiger charge is 2.22. The molecule has 1 fully saturated rings. The SMILES string of the molecule is CC(O)CC(CNC(=O)C1COCCN1)c1ccccc1. The largest absolute Gasteiger partial charge is 0.393 e. The topological polar surface area (TPSA) is 70.6 Å². The summed E-state index contributed by atoms with van der Waals surface area (Å²) in [5, 5.41) is 15.8. The van der Waals surface area contributed by atoms with Gasteiger partial charge in [0.05, 0.1) is 19.3 Å². The molecule has 1 aromatic rings. The van der Waals surface area contributed by atoms with E-state index in [1.54, 1.807) is 6.92 Å². The lowest BCUT2D eigenvalue weighted by Crippen LogP contribution is -2.51. The molecule has 5 nitrogen and oxygen atoms in total. The Morgan fingerprint density at radius 2 is 2.24 bits per heavy atom. The molecular weight excluding hydrogens is 268 g/mol. The van der Waals surface area contributed by atoms with E-state index in [4.69, 9.17) is 4.74 Å². The first kappa shape index (κ1) is 15.9. The maximum absolute atomic E-state index is 12.1. The van der Waals surface area contributed by atoms with Gasteiger partial charge < -0.3 is 20.5 Å². The van der Waals surface area contributed by atoms with Crippen LogP contribution in [0.5, 0.6) is 0 Å². The van der Waals surface area contributed by atoms with Crippen LogP contribution in [-0.4, -0.2) is 49.5 Å². The van der Waals surface area contributed by atoms with E-state index in [1.165, 1.54) is 0 Å². The molecule has 1 heterocycles. The number of hydrogen-bond acceptors (Lipinski definition) is 4. The van der Waals surface area contributed by atoms with Crippen molar-refractivity contribution < 1.29 is 14.6 Å². The lowest BCUT2D eigenvalue weighted by Gasteiger charge is -2.25. The summed E-state index contributed by atoms with van der Waals surface area (Å²) in [5.74, 6) is 0.0703. The van der Waals surface area contributed by atoms with E-state index < -0.39 is 6.10 Å². The Kier molecular flexibility index (Phi) is 6.17. The smallest absolute Gasteiger partial charge is 0.239 e. The first-order valence-corrected chi connectivity index (χ1v) is 7.48. The van der Waals surface area contributed by atoms with Crippen LogP contribution in [0.2, 0.25) is 0 Å². The number of benzene rings is 1. The standard InChI is InChI=1S/C16H24N2O3/c1-12(19)9-14(13-5-3-2-4-6-13)10-18-16(20)15-11-21-8-7-17-15/h2-6,12,14-15,17,19H,7-11H2,1H3,(H,18,20). The monoisotopic (exact) mass is 292 g/mol. The predicted octanol–water partition coefficient (Wildman–Crippen LogP) is 0.646. The number of ether oxygens (including phenoxy) is 1. The summed E-state index contributed by atoms with van der Waals surface area (Å²) in [5.41, 5.74) is 1.13. The molecule has 0 spiro atoms. The second-order valence-electron chi connectivity index (χ2n) is 5.52. The average Bonchev–Trinajstić information content (AvgIpc) is 2.52. The van der Waals surface area contributed by atoms with Gasteiger partial charge in [0.15, 0.2) is 0 Å². The Morgan fingerprint density at radius 1 is 1.48 bits per heavy atom. The molecule has 0 saturated carbocycles. The van der Waals surface area contributed by atoms with Crippen LogP contribution in [0.15, 0.2) is 30.3 Å². The van der Waals surface area contributed by atoms with Crippen molar-refractivity contribution in [2.24, 2.45) is 0 Å². The summed E-state index contributed by atoms with van der Waals surface area (Å²) >= 11 is 0. The van der Waals surface area contributed by atoms with Crippen molar-refractivity contribution in [2.75, 3.05) is 26.3 Å².